The summed E-state index contributed by atoms with van der Waals surface area (Å²) >= 11 is 0. The van der Waals surface area contributed by atoms with E-state index in [0.29, 0.717) is 25.3 Å². The van der Waals surface area contributed by atoms with Gasteiger partial charge < -0.3 is 18.6 Å². The third-order valence-electron chi connectivity index (χ3n) is 4.47. The molecular formula is C20H20N2O3. The van der Waals surface area contributed by atoms with Crippen molar-refractivity contribution < 1.29 is 13.9 Å². The van der Waals surface area contributed by atoms with E-state index < -0.39 is 0 Å². The number of amides is 1. The summed E-state index contributed by atoms with van der Waals surface area (Å²) in [6, 6.07) is 15.3. The number of aromatic nitrogens is 1. The molecule has 3 heterocycles. The van der Waals surface area contributed by atoms with Gasteiger partial charge in [-0.1, -0.05) is 6.07 Å². The quantitative estimate of drug-likeness (QED) is 0.734. The van der Waals surface area contributed by atoms with Crippen LogP contribution < -0.4 is 0 Å². The maximum Gasteiger partial charge on any atom is 0.254 e. The van der Waals surface area contributed by atoms with Gasteiger partial charge in [-0.15, -0.1) is 0 Å². The third kappa shape index (κ3) is 3.10. The van der Waals surface area contributed by atoms with Crippen LogP contribution in [0.1, 0.15) is 27.9 Å². The van der Waals surface area contributed by atoms with Gasteiger partial charge in [0.1, 0.15) is 17.6 Å². The number of morpholine rings is 1. The van der Waals surface area contributed by atoms with Gasteiger partial charge in [0.25, 0.3) is 5.91 Å². The van der Waals surface area contributed by atoms with E-state index in [1.165, 1.54) is 0 Å². The summed E-state index contributed by atoms with van der Waals surface area (Å²) in [5.41, 5.74) is 1.64. The Bertz CT molecular complexity index is 867. The van der Waals surface area contributed by atoms with Crippen LogP contribution >= 0.6 is 0 Å². The van der Waals surface area contributed by atoms with E-state index >= 15 is 0 Å². The first-order chi connectivity index (χ1) is 12.2. The SMILES string of the molecule is Cc1ccc(C2COCCN2C(=O)c2cccc(-n3cccc3)c2)o1. The first-order valence-corrected chi connectivity index (χ1v) is 8.41. The van der Waals surface area contributed by atoms with E-state index in [4.69, 9.17) is 9.15 Å². The van der Waals surface area contributed by atoms with Crippen molar-refractivity contribution in [2.75, 3.05) is 19.8 Å². The average Bonchev–Trinajstić information content (AvgIpc) is 3.33. The van der Waals surface area contributed by atoms with Gasteiger partial charge in [0, 0.05) is 30.2 Å². The zero-order chi connectivity index (χ0) is 17.2. The maximum absolute atomic E-state index is 13.1. The number of ether oxygens (including phenoxy) is 1. The molecule has 0 bridgehead atoms. The minimum atomic E-state index is -0.190. The minimum Gasteiger partial charge on any atom is -0.464 e. The standard InChI is InChI=1S/C20H20N2O3/c1-15-7-8-19(25-15)18-14-24-12-11-22(18)20(23)16-5-4-6-17(13-16)21-9-2-3-10-21/h2-10,13,18H,11-12,14H2,1H3. The zero-order valence-corrected chi connectivity index (χ0v) is 14.1. The van der Waals surface area contributed by atoms with E-state index in [1.807, 2.05) is 77.3 Å². The Morgan fingerprint density at radius 2 is 1.96 bits per heavy atom. The molecule has 4 rings (SSSR count). The Hall–Kier alpha value is -2.79. The lowest BCUT2D eigenvalue weighted by atomic mass is 10.1. The number of carbonyl (C=O) groups excluding carboxylic acids is 1. The van der Waals surface area contributed by atoms with Gasteiger partial charge in [0.15, 0.2) is 0 Å². The normalized spacial score (nSPS) is 17.6. The molecule has 1 aliphatic heterocycles. The van der Waals surface area contributed by atoms with E-state index in [-0.39, 0.29) is 11.9 Å². The summed E-state index contributed by atoms with van der Waals surface area (Å²) in [7, 11) is 0. The number of hydrogen-bond donors (Lipinski definition) is 0. The molecule has 1 saturated heterocycles. The predicted octanol–water partition coefficient (Wildman–Crippen LogP) is 3.59. The van der Waals surface area contributed by atoms with Crippen LogP contribution in [0.5, 0.6) is 0 Å². The van der Waals surface area contributed by atoms with Crippen molar-refractivity contribution in [3.05, 3.63) is 78.0 Å². The van der Waals surface area contributed by atoms with Crippen molar-refractivity contribution in [3.8, 4) is 5.69 Å². The monoisotopic (exact) mass is 336 g/mol. The number of aryl methyl sites for hydroxylation is 1. The lowest BCUT2D eigenvalue weighted by Crippen LogP contribution is -2.43. The van der Waals surface area contributed by atoms with Crippen molar-refractivity contribution in [1.29, 1.82) is 0 Å². The second-order valence-electron chi connectivity index (χ2n) is 6.18. The molecule has 5 nitrogen and oxygen atoms in total. The number of hydrogen-bond acceptors (Lipinski definition) is 3. The van der Waals surface area contributed by atoms with E-state index in [9.17, 15) is 4.79 Å². The van der Waals surface area contributed by atoms with Crippen molar-refractivity contribution >= 4 is 5.91 Å². The van der Waals surface area contributed by atoms with Gasteiger partial charge in [-0.3, -0.25) is 4.79 Å². The lowest BCUT2D eigenvalue weighted by molar-refractivity contribution is -0.00894. The molecule has 0 N–H and O–H groups in total. The Labute approximate surface area is 146 Å². The maximum atomic E-state index is 13.1. The van der Waals surface area contributed by atoms with Crippen molar-refractivity contribution in [2.45, 2.75) is 13.0 Å². The zero-order valence-electron chi connectivity index (χ0n) is 14.1. The Morgan fingerprint density at radius 1 is 1.12 bits per heavy atom. The van der Waals surface area contributed by atoms with Crippen LogP contribution in [-0.4, -0.2) is 35.1 Å². The molecule has 1 amide bonds. The van der Waals surface area contributed by atoms with Crippen LogP contribution in [0.2, 0.25) is 0 Å². The lowest BCUT2D eigenvalue weighted by Gasteiger charge is -2.34. The second-order valence-corrected chi connectivity index (χ2v) is 6.18. The molecule has 1 aromatic carbocycles. The average molecular weight is 336 g/mol. The summed E-state index contributed by atoms with van der Waals surface area (Å²) < 4.78 is 13.3. The summed E-state index contributed by atoms with van der Waals surface area (Å²) in [6.45, 7) is 3.45. The number of rotatable bonds is 3. The molecule has 1 unspecified atom stereocenters. The van der Waals surface area contributed by atoms with Gasteiger partial charge >= 0.3 is 0 Å². The molecule has 1 aliphatic rings. The first-order valence-electron chi connectivity index (χ1n) is 8.41. The Morgan fingerprint density at radius 3 is 2.72 bits per heavy atom. The number of furan rings is 1. The van der Waals surface area contributed by atoms with Crippen molar-refractivity contribution in [3.63, 3.8) is 0 Å². The molecule has 0 saturated carbocycles. The van der Waals surface area contributed by atoms with E-state index in [0.717, 1.165) is 17.2 Å². The third-order valence-corrected chi connectivity index (χ3v) is 4.47. The summed E-state index contributed by atoms with van der Waals surface area (Å²) in [4.78, 5) is 15.0. The number of nitrogens with zero attached hydrogens (tertiary/aromatic N) is 2. The molecule has 0 aliphatic carbocycles. The van der Waals surface area contributed by atoms with Crippen LogP contribution in [0, 0.1) is 6.92 Å². The fourth-order valence-corrected chi connectivity index (χ4v) is 3.19. The molecule has 2 aromatic heterocycles. The highest BCUT2D eigenvalue weighted by atomic mass is 16.5. The molecule has 5 heteroatoms. The highest BCUT2D eigenvalue weighted by Gasteiger charge is 2.31. The molecule has 1 fully saturated rings. The fraction of sp³-hybridized carbons (Fsp3) is 0.250. The minimum absolute atomic E-state index is 0.00337. The summed E-state index contributed by atoms with van der Waals surface area (Å²) in [5, 5.41) is 0. The van der Waals surface area contributed by atoms with E-state index in [2.05, 4.69) is 0 Å². The number of carbonyl (C=O) groups is 1. The van der Waals surface area contributed by atoms with Crippen LogP contribution in [0.25, 0.3) is 5.69 Å². The van der Waals surface area contributed by atoms with Crippen molar-refractivity contribution in [2.24, 2.45) is 0 Å². The molecule has 0 radical (unpaired) electrons. The molecule has 128 valence electrons. The Kier molecular flexibility index (Phi) is 4.15. The van der Waals surface area contributed by atoms with Gasteiger partial charge in [-0.05, 0) is 49.4 Å². The predicted molar refractivity (Wildman–Crippen MR) is 93.8 cm³/mol. The summed E-state index contributed by atoms with van der Waals surface area (Å²) in [6.07, 6.45) is 3.93. The highest BCUT2D eigenvalue weighted by molar-refractivity contribution is 5.95. The van der Waals surface area contributed by atoms with Crippen LogP contribution in [-0.2, 0) is 4.74 Å². The molecule has 3 aromatic rings. The molecule has 25 heavy (non-hydrogen) atoms. The van der Waals surface area contributed by atoms with Gasteiger partial charge in [-0.2, -0.15) is 0 Å². The second kappa shape index (κ2) is 6.61. The van der Waals surface area contributed by atoms with Gasteiger partial charge in [-0.25, -0.2) is 0 Å². The smallest absolute Gasteiger partial charge is 0.254 e. The largest absolute Gasteiger partial charge is 0.464 e. The van der Waals surface area contributed by atoms with Crippen LogP contribution in [0.3, 0.4) is 0 Å². The Balaban J connectivity index is 1.63. The van der Waals surface area contributed by atoms with Crippen LogP contribution in [0.15, 0.2) is 65.3 Å². The van der Waals surface area contributed by atoms with Gasteiger partial charge in [0.2, 0.25) is 0 Å². The molecule has 0 spiro atoms. The van der Waals surface area contributed by atoms with E-state index in [1.54, 1.807) is 0 Å². The van der Waals surface area contributed by atoms with Gasteiger partial charge in [0.05, 0.1) is 13.2 Å². The highest BCUT2D eigenvalue weighted by Crippen LogP contribution is 2.27. The first kappa shape index (κ1) is 15.7. The van der Waals surface area contributed by atoms with Crippen LogP contribution in [0.4, 0.5) is 0 Å². The molecular weight excluding hydrogens is 316 g/mol. The fourth-order valence-electron chi connectivity index (χ4n) is 3.19. The summed E-state index contributed by atoms with van der Waals surface area (Å²) in [5.74, 6) is 1.60. The van der Waals surface area contributed by atoms with Crippen molar-refractivity contribution in [1.82, 2.24) is 9.47 Å². The topological polar surface area (TPSA) is 47.6 Å². The molecule has 1 atom stereocenters. The number of benzene rings is 1.